The maximum atomic E-state index is 14.3. The Morgan fingerprint density at radius 2 is 2.05 bits per heavy atom. The highest BCUT2D eigenvalue weighted by Crippen LogP contribution is 2.30. The zero-order valence-electron chi connectivity index (χ0n) is 12.4. The summed E-state index contributed by atoms with van der Waals surface area (Å²) in [6, 6.07) is -0.336. The average Bonchev–Trinajstić information content (AvgIpc) is 2.33. The third kappa shape index (κ3) is 5.73. The Morgan fingerprint density at radius 1 is 1.32 bits per heavy atom. The summed E-state index contributed by atoms with van der Waals surface area (Å²) in [7, 11) is 1.97. The van der Waals surface area contributed by atoms with Crippen molar-refractivity contribution >= 4 is 0 Å². The predicted molar refractivity (Wildman–Crippen MR) is 76.8 cm³/mol. The Labute approximate surface area is 116 Å². The minimum absolute atomic E-state index is 0.263. The molecule has 0 radical (unpaired) electrons. The maximum Gasteiger partial charge on any atom is 0.136 e. The molecule has 0 aromatic heterocycles. The van der Waals surface area contributed by atoms with Crippen molar-refractivity contribution < 1.29 is 9.13 Å². The Hall–Kier alpha value is -0.230. The molecule has 3 atom stereocenters. The number of hydrogen-bond acceptors (Lipinski definition) is 4. The molecule has 19 heavy (non-hydrogen) atoms. The van der Waals surface area contributed by atoms with E-state index in [1.165, 1.54) is 0 Å². The van der Waals surface area contributed by atoms with Crippen molar-refractivity contribution in [1.29, 1.82) is 0 Å². The summed E-state index contributed by atoms with van der Waals surface area (Å²) in [4.78, 5) is 2.05. The molecule has 1 fully saturated rings. The van der Waals surface area contributed by atoms with Crippen LogP contribution in [0, 0.1) is 5.92 Å². The van der Waals surface area contributed by atoms with Gasteiger partial charge in [0.2, 0.25) is 0 Å². The van der Waals surface area contributed by atoms with Crippen LogP contribution in [0.2, 0.25) is 0 Å². The van der Waals surface area contributed by atoms with Gasteiger partial charge in [0.1, 0.15) is 5.67 Å². The summed E-state index contributed by atoms with van der Waals surface area (Å²) in [6.07, 6.45) is 4.25. The summed E-state index contributed by atoms with van der Waals surface area (Å²) in [5.41, 5.74) is 10.1. The van der Waals surface area contributed by atoms with E-state index in [2.05, 4.69) is 4.90 Å². The second-order valence-electron chi connectivity index (χ2n) is 6.01. The summed E-state index contributed by atoms with van der Waals surface area (Å²) < 4.78 is 19.6. The van der Waals surface area contributed by atoms with Crippen molar-refractivity contribution in [2.75, 3.05) is 39.9 Å². The molecule has 4 nitrogen and oxygen atoms in total. The fourth-order valence-electron chi connectivity index (χ4n) is 2.95. The molecule has 1 rings (SSSR count). The fraction of sp³-hybridized carbons (Fsp3) is 1.00. The van der Waals surface area contributed by atoms with Crippen LogP contribution in [0.5, 0.6) is 0 Å². The quantitative estimate of drug-likeness (QED) is 0.652. The molecule has 0 aromatic carbocycles. The minimum Gasteiger partial charge on any atom is -0.380 e. The Morgan fingerprint density at radius 3 is 2.74 bits per heavy atom. The van der Waals surface area contributed by atoms with Gasteiger partial charge in [0, 0.05) is 32.3 Å². The lowest BCUT2D eigenvalue weighted by molar-refractivity contribution is 0.0142. The molecule has 0 aliphatic carbocycles. The van der Waals surface area contributed by atoms with Crippen molar-refractivity contribution in [1.82, 2.24) is 4.90 Å². The van der Waals surface area contributed by atoms with E-state index >= 15 is 0 Å². The van der Waals surface area contributed by atoms with Crippen LogP contribution in [0.15, 0.2) is 0 Å². The van der Waals surface area contributed by atoms with Crippen LogP contribution in [0.1, 0.15) is 32.6 Å². The van der Waals surface area contributed by atoms with Crippen LogP contribution < -0.4 is 11.5 Å². The Kier molecular flexibility index (Phi) is 7.21. The van der Waals surface area contributed by atoms with Crippen LogP contribution >= 0.6 is 0 Å². The lowest BCUT2D eigenvalue weighted by atomic mass is 9.80. The molecular weight excluding hydrogens is 245 g/mol. The highest BCUT2D eigenvalue weighted by atomic mass is 19.1. The minimum atomic E-state index is -1.26. The number of hydrogen-bond donors (Lipinski definition) is 2. The maximum absolute atomic E-state index is 14.3. The molecule has 0 spiro atoms. The van der Waals surface area contributed by atoms with Crippen LogP contribution in [0.4, 0.5) is 4.39 Å². The first kappa shape index (κ1) is 16.8. The highest BCUT2D eigenvalue weighted by molar-refractivity contribution is 4.97. The van der Waals surface area contributed by atoms with Gasteiger partial charge < -0.3 is 21.1 Å². The van der Waals surface area contributed by atoms with E-state index in [4.69, 9.17) is 16.2 Å². The number of nitrogens with two attached hydrogens (primary N) is 2. The van der Waals surface area contributed by atoms with Gasteiger partial charge in [-0.2, -0.15) is 0 Å². The summed E-state index contributed by atoms with van der Waals surface area (Å²) in [6.45, 7) is 4.97. The molecule has 1 aliphatic rings. The molecule has 3 unspecified atom stereocenters. The standard InChI is InChI=1S/C14H30FN3O/c1-14(15)11-18(2)10-12(13(14)17)6-4-3-5-8-19-9-7-16/h12-13H,3-11,16-17H2,1-2H3. The number of nitrogens with zero attached hydrogens (tertiary/aromatic N) is 1. The average molecular weight is 275 g/mol. The van der Waals surface area contributed by atoms with Gasteiger partial charge in [0.05, 0.1) is 6.61 Å². The van der Waals surface area contributed by atoms with E-state index in [-0.39, 0.29) is 12.0 Å². The van der Waals surface area contributed by atoms with Crippen LogP contribution in [-0.4, -0.2) is 56.5 Å². The SMILES string of the molecule is CN1CC(CCCCCOCCN)C(N)C(C)(F)C1. The summed E-state index contributed by atoms with van der Waals surface area (Å²) >= 11 is 0. The topological polar surface area (TPSA) is 64.5 Å². The van der Waals surface area contributed by atoms with E-state index in [0.717, 1.165) is 38.8 Å². The number of alkyl halides is 1. The normalized spacial score (nSPS) is 32.7. The first-order valence-electron chi connectivity index (χ1n) is 7.38. The number of unbranched alkanes of at least 4 members (excludes halogenated alkanes) is 2. The lowest BCUT2D eigenvalue weighted by Crippen LogP contribution is -2.60. The molecule has 5 heteroatoms. The Balaban J connectivity index is 2.17. The third-order valence-corrected chi connectivity index (χ3v) is 3.95. The number of rotatable bonds is 8. The smallest absolute Gasteiger partial charge is 0.136 e. The van der Waals surface area contributed by atoms with Gasteiger partial charge in [-0.25, -0.2) is 4.39 Å². The molecule has 1 heterocycles. The second kappa shape index (κ2) is 8.15. The molecule has 0 aromatic rings. The largest absolute Gasteiger partial charge is 0.380 e. The molecule has 0 amide bonds. The highest BCUT2D eigenvalue weighted by Gasteiger charge is 2.42. The zero-order valence-corrected chi connectivity index (χ0v) is 12.4. The lowest BCUT2D eigenvalue weighted by Gasteiger charge is -2.43. The van der Waals surface area contributed by atoms with Gasteiger partial charge in [-0.3, -0.25) is 0 Å². The summed E-state index contributed by atoms with van der Waals surface area (Å²) in [5, 5.41) is 0. The first-order valence-corrected chi connectivity index (χ1v) is 7.38. The molecule has 4 N–H and O–H groups in total. The first-order chi connectivity index (χ1) is 8.97. The predicted octanol–water partition coefficient (Wildman–Crippen LogP) is 1.14. The van der Waals surface area contributed by atoms with E-state index in [9.17, 15) is 4.39 Å². The van der Waals surface area contributed by atoms with E-state index in [0.29, 0.717) is 19.7 Å². The number of halogens is 1. The number of ether oxygens (including phenoxy) is 1. The molecular formula is C14H30FN3O. The van der Waals surface area contributed by atoms with Gasteiger partial charge >= 0.3 is 0 Å². The van der Waals surface area contributed by atoms with Crippen molar-refractivity contribution in [3.8, 4) is 0 Å². The van der Waals surface area contributed by atoms with E-state index in [1.807, 2.05) is 7.05 Å². The molecule has 114 valence electrons. The van der Waals surface area contributed by atoms with Gasteiger partial charge in [0.25, 0.3) is 0 Å². The number of likely N-dealkylation sites (tertiary alicyclic amines) is 1. The van der Waals surface area contributed by atoms with Gasteiger partial charge in [-0.15, -0.1) is 0 Å². The number of piperidine rings is 1. The Bertz CT molecular complexity index is 251. The second-order valence-corrected chi connectivity index (χ2v) is 6.01. The van der Waals surface area contributed by atoms with Gasteiger partial charge in [0.15, 0.2) is 0 Å². The van der Waals surface area contributed by atoms with Crippen molar-refractivity contribution in [2.45, 2.75) is 44.3 Å². The fourth-order valence-corrected chi connectivity index (χ4v) is 2.95. The van der Waals surface area contributed by atoms with E-state index in [1.54, 1.807) is 6.92 Å². The van der Waals surface area contributed by atoms with Gasteiger partial charge in [-0.1, -0.05) is 12.8 Å². The van der Waals surface area contributed by atoms with Crippen molar-refractivity contribution in [3.05, 3.63) is 0 Å². The zero-order chi connectivity index (χ0) is 14.3. The summed E-state index contributed by atoms with van der Waals surface area (Å²) in [5.74, 6) is 0.263. The molecule has 0 saturated carbocycles. The van der Waals surface area contributed by atoms with Gasteiger partial charge in [-0.05, 0) is 32.7 Å². The van der Waals surface area contributed by atoms with Crippen LogP contribution in [0.3, 0.4) is 0 Å². The van der Waals surface area contributed by atoms with Crippen molar-refractivity contribution in [2.24, 2.45) is 17.4 Å². The third-order valence-electron chi connectivity index (χ3n) is 3.95. The van der Waals surface area contributed by atoms with Crippen molar-refractivity contribution in [3.63, 3.8) is 0 Å². The monoisotopic (exact) mass is 275 g/mol. The molecule has 0 bridgehead atoms. The van der Waals surface area contributed by atoms with Crippen LogP contribution in [0.25, 0.3) is 0 Å². The molecule has 1 saturated heterocycles. The van der Waals surface area contributed by atoms with Crippen LogP contribution in [-0.2, 0) is 4.74 Å². The molecule has 1 aliphatic heterocycles. The van der Waals surface area contributed by atoms with E-state index < -0.39 is 5.67 Å².